The third-order valence-corrected chi connectivity index (χ3v) is 3.35. The summed E-state index contributed by atoms with van der Waals surface area (Å²) in [4.78, 5) is 19.1. The van der Waals surface area contributed by atoms with Crippen molar-refractivity contribution in [3.05, 3.63) is 46.8 Å². The molecule has 0 bridgehead atoms. The number of nitrogens with zero attached hydrogens (tertiary/aromatic N) is 1. The molecule has 6 nitrogen and oxygen atoms in total. The van der Waals surface area contributed by atoms with E-state index in [1.54, 1.807) is 12.1 Å². The molecule has 0 radical (unpaired) electrons. The fraction of sp³-hybridized carbons (Fsp3) is 0.125. The normalized spacial score (nSPS) is 11.0. The van der Waals surface area contributed by atoms with Crippen molar-refractivity contribution in [2.75, 3.05) is 7.11 Å². The number of fused-ring (bicyclic) bond motifs is 1. The molecule has 0 saturated carbocycles. The predicted molar refractivity (Wildman–Crippen MR) is 82.6 cm³/mol. The number of ether oxygens (including phenoxy) is 2. The molecule has 0 saturated heterocycles. The Kier molecular flexibility index (Phi) is 4.03. The van der Waals surface area contributed by atoms with Crippen molar-refractivity contribution in [3.8, 4) is 28.6 Å². The van der Waals surface area contributed by atoms with Gasteiger partial charge in [-0.25, -0.2) is 4.98 Å². The number of aromatic hydroxyl groups is 1. The molecule has 2 N–H and O–H groups in total. The third-order valence-electron chi connectivity index (χ3n) is 3.35. The lowest BCUT2D eigenvalue weighted by Gasteiger charge is -2.11. The van der Waals surface area contributed by atoms with Crippen LogP contribution in [0.3, 0.4) is 0 Å². The van der Waals surface area contributed by atoms with E-state index >= 15 is 0 Å². The van der Waals surface area contributed by atoms with Crippen molar-refractivity contribution in [1.29, 1.82) is 0 Å². The van der Waals surface area contributed by atoms with Gasteiger partial charge >= 0.3 is 6.61 Å². The van der Waals surface area contributed by atoms with Crippen molar-refractivity contribution < 1.29 is 23.4 Å². The molecule has 1 heterocycles. The lowest BCUT2D eigenvalue weighted by molar-refractivity contribution is -0.0511. The van der Waals surface area contributed by atoms with Crippen LogP contribution in [0.25, 0.3) is 22.3 Å². The summed E-state index contributed by atoms with van der Waals surface area (Å²) in [6, 6.07) is 8.54. The summed E-state index contributed by atoms with van der Waals surface area (Å²) >= 11 is 0. The molecule has 0 aliphatic rings. The molecule has 0 spiro atoms. The molecule has 0 amide bonds. The summed E-state index contributed by atoms with van der Waals surface area (Å²) in [5.41, 5.74) is 0.280. The fourth-order valence-electron chi connectivity index (χ4n) is 2.25. The Labute approximate surface area is 134 Å². The van der Waals surface area contributed by atoms with Crippen molar-refractivity contribution in [3.63, 3.8) is 0 Å². The van der Waals surface area contributed by atoms with E-state index in [1.807, 2.05) is 0 Å². The number of H-pyrrole nitrogens is 1. The molecule has 2 aromatic carbocycles. The molecule has 1 aromatic heterocycles. The highest BCUT2D eigenvalue weighted by atomic mass is 19.3. The minimum Gasteiger partial charge on any atom is -0.508 e. The van der Waals surface area contributed by atoms with Crippen LogP contribution >= 0.6 is 0 Å². The van der Waals surface area contributed by atoms with Crippen LogP contribution in [0.5, 0.6) is 17.2 Å². The van der Waals surface area contributed by atoms with E-state index in [0.717, 1.165) is 0 Å². The lowest BCUT2D eigenvalue weighted by Crippen LogP contribution is -2.11. The van der Waals surface area contributed by atoms with Crippen molar-refractivity contribution in [2.45, 2.75) is 6.61 Å². The van der Waals surface area contributed by atoms with Crippen LogP contribution in [-0.2, 0) is 0 Å². The SMILES string of the molecule is COc1cc2c(=O)[nH]c(-c3ccc(O)cc3)nc2cc1OC(F)F. The van der Waals surface area contributed by atoms with Crippen molar-refractivity contribution in [1.82, 2.24) is 9.97 Å². The van der Waals surface area contributed by atoms with Crippen LogP contribution in [0.1, 0.15) is 0 Å². The molecule has 0 aliphatic carbocycles. The minimum absolute atomic E-state index is 0.00693. The maximum atomic E-state index is 12.5. The maximum absolute atomic E-state index is 12.5. The van der Waals surface area contributed by atoms with Crippen LogP contribution < -0.4 is 15.0 Å². The average molecular weight is 334 g/mol. The number of benzene rings is 2. The van der Waals surface area contributed by atoms with Gasteiger partial charge in [0.15, 0.2) is 11.5 Å². The van der Waals surface area contributed by atoms with Gasteiger partial charge in [0.05, 0.1) is 18.0 Å². The smallest absolute Gasteiger partial charge is 0.387 e. The number of halogens is 2. The number of phenols is 1. The van der Waals surface area contributed by atoms with E-state index in [2.05, 4.69) is 14.7 Å². The van der Waals surface area contributed by atoms with Gasteiger partial charge in [0.1, 0.15) is 11.6 Å². The molecule has 24 heavy (non-hydrogen) atoms. The zero-order valence-corrected chi connectivity index (χ0v) is 12.4. The van der Waals surface area contributed by atoms with E-state index in [1.165, 1.54) is 31.4 Å². The van der Waals surface area contributed by atoms with Gasteiger partial charge in [-0.05, 0) is 30.3 Å². The highest BCUT2D eigenvalue weighted by Gasteiger charge is 2.15. The number of rotatable bonds is 4. The fourth-order valence-corrected chi connectivity index (χ4v) is 2.25. The quantitative estimate of drug-likeness (QED) is 0.766. The molecule has 3 rings (SSSR count). The number of alkyl halides is 2. The zero-order chi connectivity index (χ0) is 17.3. The van der Waals surface area contributed by atoms with E-state index in [4.69, 9.17) is 4.74 Å². The first-order valence-corrected chi connectivity index (χ1v) is 6.84. The number of aromatic amines is 1. The Morgan fingerprint density at radius 3 is 2.50 bits per heavy atom. The molecule has 124 valence electrons. The summed E-state index contributed by atoms with van der Waals surface area (Å²) in [5.74, 6) is 0.0992. The topological polar surface area (TPSA) is 84.4 Å². The molecule has 0 fully saturated rings. The van der Waals surface area contributed by atoms with E-state index in [-0.39, 0.29) is 34.0 Å². The summed E-state index contributed by atoms with van der Waals surface area (Å²) in [7, 11) is 1.28. The number of nitrogens with one attached hydrogen (secondary N) is 1. The first kappa shape index (κ1) is 15.7. The Morgan fingerprint density at radius 2 is 1.88 bits per heavy atom. The summed E-state index contributed by atoms with van der Waals surface area (Å²) < 4.78 is 34.4. The van der Waals surface area contributed by atoms with Crippen molar-refractivity contribution in [2.24, 2.45) is 0 Å². The second-order valence-corrected chi connectivity index (χ2v) is 4.86. The molecule has 0 aliphatic heterocycles. The number of hydrogen-bond donors (Lipinski definition) is 2. The number of aromatic nitrogens is 2. The zero-order valence-electron chi connectivity index (χ0n) is 12.4. The number of hydrogen-bond acceptors (Lipinski definition) is 5. The lowest BCUT2D eigenvalue weighted by atomic mass is 10.1. The van der Waals surface area contributed by atoms with Gasteiger partial charge in [0, 0.05) is 11.6 Å². The molecular weight excluding hydrogens is 322 g/mol. The van der Waals surface area contributed by atoms with Gasteiger partial charge in [0.2, 0.25) is 0 Å². The minimum atomic E-state index is -3.03. The second kappa shape index (κ2) is 6.15. The summed E-state index contributed by atoms with van der Waals surface area (Å²) in [6.07, 6.45) is 0. The highest BCUT2D eigenvalue weighted by Crippen LogP contribution is 2.32. The Morgan fingerprint density at radius 1 is 1.17 bits per heavy atom. The Hall–Kier alpha value is -3.16. The molecule has 8 heteroatoms. The van der Waals surface area contributed by atoms with Gasteiger partial charge in [-0.15, -0.1) is 0 Å². The van der Waals surface area contributed by atoms with E-state index < -0.39 is 12.2 Å². The monoisotopic (exact) mass is 334 g/mol. The summed E-state index contributed by atoms with van der Waals surface area (Å²) in [5, 5.41) is 9.49. The van der Waals surface area contributed by atoms with Crippen molar-refractivity contribution >= 4 is 10.9 Å². The van der Waals surface area contributed by atoms with Crippen LogP contribution in [0.2, 0.25) is 0 Å². The number of methoxy groups -OCH3 is 1. The standard InChI is InChI=1S/C16H12F2N2O4/c1-23-12-6-10-11(7-13(12)24-16(17)18)19-14(20-15(10)22)8-2-4-9(21)5-3-8/h2-7,16,21H,1H3,(H,19,20,22). The Balaban J connectivity index is 2.18. The third kappa shape index (κ3) is 2.98. The van der Waals surface area contributed by atoms with Gasteiger partial charge in [-0.2, -0.15) is 8.78 Å². The first-order valence-electron chi connectivity index (χ1n) is 6.84. The van der Waals surface area contributed by atoms with Gasteiger partial charge in [0.25, 0.3) is 5.56 Å². The largest absolute Gasteiger partial charge is 0.508 e. The van der Waals surface area contributed by atoms with Gasteiger partial charge < -0.3 is 19.6 Å². The number of phenolic OH excluding ortho intramolecular Hbond substituents is 1. The predicted octanol–water partition coefficient (Wildman–Crippen LogP) is 2.91. The van der Waals surface area contributed by atoms with Gasteiger partial charge in [-0.3, -0.25) is 4.79 Å². The molecule has 0 atom stereocenters. The van der Waals surface area contributed by atoms with Crippen LogP contribution in [0.15, 0.2) is 41.2 Å². The van der Waals surface area contributed by atoms with E-state index in [9.17, 15) is 18.7 Å². The van der Waals surface area contributed by atoms with Gasteiger partial charge in [-0.1, -0.05) is 0 Å². The summed E-state index contributed by atoms with van der Waals surface area (Å²) in [6.45, 7) is -3.03. The highest BCUT2D eigenvalue weighted by molar-refractivity contribution is 5.83. The van der Waals surface area contributed by atoms with E-state index in [0.29, 0.717) is 5.56 Å². The molecule has 3 aromatic rings. The van der Waals surface area contributed by atoms with Crippen LogP contribution in [0.4, 0.5) is 8.78 Å². The second-order valence-electron chi connectivity index (χ2n) is 4.86. The molecular formula is C16H12F2N2O4. The molecule has 0 unspecified atom stereocenters. The van der Waals surface area contributed by atoms with Crippen LogP contribution in [0, 0.1) is 0 Å². The maximum Gasteiger partial charge on any atom is 0.387 e. The first-order chi connectivity index (χ1) is 11.5. The van der Waals surface area contributed by atoms with Crippen LogP contribution in [-0.4, -0.2) is 28.8 Å². The Bertz CT molecular complexity index is 939. The average Bonchev–Trinajstić information content (AvgIpc) is 2.54.